The molecule has 0 amide bonds. The lowest BCUT2D eigenvalue weighted by atomic mass is 9.84. The minimum Gasteiger partial charge on any atom is -0.462 e. The van der Waals surface area contributed by atoms with Gasteiger partial charge in [0.2, 0.25) is 0 Å². The largest absolute Gasteiger partial charge is 0.462 e. The fourth-order valence-corrected chi connectivity index (χ4v) is 8.28. The molecule has 4 aliphatic heterocycles. The Morgan fingerprint density at radius 1 is 0.727 bits per heavy atom. The van der Waals surface area contributed by atoms with Crippen LogP contribution in [0.3, 0.4) is 0 Å². The Morgan fingerprint density at radius 3 is 1.86 bits per heavy atom. The molecule has 254 valence electrons. The van der Waals surface area contributed by atoms with Crippen molar-refractivity contribution in [1.82, 2.24) is 4.90 Å². The van der Waals surface area contributed by atoms with Crippen LogP contribution in [0.15, 0.2) is 0 Å². The number of ether oxygens (including phenoxy) is 5. The highest BCUT2D eigenvalue weighted by atomic mass is 16.6. The molecule has 4 rings (SSSR count). The Kier molecular flexibility index (Phi) is 13.0. The second-order valence-corrected chi connectivity index (χ2v) is 14.9. The summed E-state index contributed by atoms with van der Waals surface area (Å²) >= 11 is 0. The van der Waals surface area contributed by atoms with Crippen LogP contribution in [0.2, 0.25) is 0 Å². The van der Waals surface area contributed by atoms with Crippen LogP contribution in [0.4, 0.5) is 0 Å². The van der Waals surface area contributed by atoms with Crippen LogP contribution in [-0.2, 0) is 33.3 Å². The average molecular weight is 622 g/mol. The second kappa shape index (κ2) is 16.1. The zero-order chi connectivity index (χ0) is 32.1. The molecule has 8 nitrogen and oxygen atoms in total. The molecule has 44 heavy (non-hydrogen) atoms. The van der Waals surface area contributed by atoms with E-state index in [9.17, 15) is 9.59 Å². The number of rotatable bonds is 9. The van der Waals surface area contributed by atoms with Crippen molar-refractivity contribution in [2.75, 3.05) is 14.1 Å². The van der Waals surface area contributed by atoms with E-state index >= 15 is 0 Å². The first-order chi connectivity index (χ1) is 20.9. The molecule has 0 unspecified atom stereocenters. The third-order valence-corrected chi connectivity index (χ3v) is 11.5. The van der Waals surface area contributed by atoms with Crippen LogP contribution in [-0.4, -0.2) is 85.8 Å². The lowest BCUT2D eigenvalue weighted by Gasteiger charge is -2.37. The number of carbonyl (C=O) groups excluding carboxylic acids is 2. The van der Waals surface area contributed by atoms with Gasteiger partial charge < -0.3 is 28.6 Å². The van der Waals surface area contributed by atoms with Crippen molar-refractivity contribution in [2.45, 2.75) is 174 Å². The molecule has 14 atom stereocenters. The van der Waals surface area contributed by atoms with Gasteiger partial charge in [0.25, 0.3) is 0 Å². The summed E-state index contributed by atoms with van der Waals surface area (Å²) in [6.07, 6.45) is 9.49. The monoisotopic (exact) mass is 621 g/mol. The average Bonchev–Trinajstić information content (AvgIpc) is 3.78. The summed E-state index contributed by atoms with van der Waals surface area (Å²) in [5.41, 5.74) is 0. The van der Waals surface area contributed by atoms with Gasteiger partial charge in [-0.05, 0) is 85.7 Å². The molecule has 0 radical (unpaired) electrons. The lowest BCUT2D eigenvalue weighted by molar-refractivity contribution is -0.177. The zero-order valence-corrected chi connectivity index (χ0v) is 29.2. The summed E-state index contributed by atoms with van der Waals surface area (Å²) in [7, 11) is 4.32. The molecule has 4 saturated heterocycles. The molecule has 0 aliphatic carbocycles. The Hall–Kier alpha value is -1.22. The van der Waals surface area contributed by atoms with Gasteiger partial charge in [-0.1, -0.05) is 47.5 Å². The van der Waals surface area contributed by atoms with Gasteiger partial charge in [0.05, 0.1) is 48.5 Å². The topological polar surface area (TPSA) is 83.5 Å². The molecule has 4 bridgehead atoms. The van der Waals surface area contributed by atoms with E-state index in [0.29, 0.717) is 6.04 Å². The predicted octanol–water partition coefficient (Wildman–Crippen LogP) is 6.57. The molecule has 0 saturated carbocycles. The summed E-state index contributed by atoms with van der Waals surface area (Å²) in [5, 5.41) is 0. The van der Waals surface area contributed by atoms with Gasteiger partial charge in [0.15, 0.2) is 0 Å². The minimum absolute atomic E-state index is 0.0196. The van der Waals surface area contributed by atoms with Gasteiger partial charge in [-0.3, -0.25) is 9.59 Å². The van der Waals surface area contributed by atoms with Crippen LogP contribution in [0, 0.1) is 29.6 Å². The van der Waals surface area contributed by atoms with E-state index in [1.165, 1.54) is 0 Å². The van der Waals surface area contributed by atoms with Crippen LogP contribution in [0.25, 0.3) is 0 Å². The molecular formula is C36H63NO7. The van der Waals surface area contributed by atoms with Crippen molar-refractivity contribution in [2.24, 2.45) is 29.6 Å². The summed E-state index contributed by atoms with van der Waals surface area (Å²) in [4.78, 5) is 29.5. The molecule has 0 aromatic carbocycles. The van der Waals surface area contributed by atoms with Crippen molar-refractivity contribution >= 4 is 11.9 Å². The molecular weight excluding hydrogens is 558 g/mol. The Labute approximate surface area is 267 Å². The molecule has 4 fully saturated rings. The van der Waals surface area contributed by atoms with E-state index in [1.54, 1.807) is 0 Å². The van der Waals surface area contributed by atoms with Crippen LogP contribution >= 0.6 is 0 Å². The number of fused-ring (bicyclic) bond motifs is 4. The van der Waals surface area contributed by atoms with E-state index in [2.05, 4.69) is 53.6 Å². The quantitative estimate of drug-likeness (QED) is 0.268. The van der Waals surface area contributed by atoms with E-state index in [-0.39, 0.29) is 90.4 Å². The fourth-order valence-electron chi connectivity index (χ4n) is 8.28. The summed E-state index contributed by atoms with van der Waals surface area (Å²) in [6, 6.07) is 0.506. The summed E-state index contributed by atoms with van der Waals surface area (Å²) in [6.45, 7) is 14.7. The number of cyclic esters (lactones) is 2. The van der Waals surface area contributed by atoms with Crippen molar-refractivity contribution in [3.63, 3.8) is 0 Å². The van der Waals surface area contributed by atoms with Crippen LogP contribution in [0.5, 0.6) is 0 Å². The zero-order valence-electron chi connectivity index (χ0n) is 29.2. The third-order valence-electron chi connectivity index (χ3n) is 11.5. The number of hydrogen-bond donors (Lipinski definition) is 0. The lowest BCUT2D eigenvalue weighted by Crippen LogP contribution is -2.45. The standard InChI is InChI=1S/C36H63NO7/c1-10-12-26(37(8)9)20-27-14-15-30(40-27)22(4)34-23(5)31-17-19-32(42-31)24(6)35(38)43-28(13-11-2)21(3)29-16-18-33(41-29)25(7)36(39)44-34/h21-34H,10-20H2,1-9H3/t21-,22-,23-,24-,25-,26-,27+,28-,29+,30-,31+,32-,33-,34+/m1/s1. The SMILES string of the molecule is CCC[C@H](C[C@@H]1CC[C@H]([C@@H](C)[C@@H]2OC(=O)[C@H](C)[C@H]3CC[C@H](O3)[C@H](C)[C@@H](CCC)OC(=O)[C@H](C)[C@H]3CC[C@H](O3)[C@H]2C)O1)N(C)C. The molecule has 0 spiro atoms. The molecule has 0 aromatic rings. The third kappa shape index (κ3) is 8.38. The Bertz CT molecular complexity index is 928. The van der Waals surface area contributed by atoms with Crippen molar-refractivity contribution in [1.29, 1.82) is 0 Å². The van der Waals surface area contributed by atoms with Crippen molar-refractivity contribution < 1.29 is 33.3 Å². The number of esters is 2. The second-order valence-electron chi connectivity index (χ2n) is 14.9. The van der Waals surface area contributed by atoms with Gasteiger partial charge in [0, 0.05) is 23.8 Å². The van der Waals surface area contributed by atoms with Gasteiger partial charge in [-0.2, -0.15) is 0 Å². The normalized spacial score (nSPS) is 41.9. The van der Waals surface area contributed by atoms with Gasteiger partial charge in [-0.25, -0.2) is 0 Å². The number of hydrogen-bond acceptors (Lipinski definition) is 8. The molecule has 4 heterocycles. The fraction of sp³-hybridized carbons (Fsp3) is 0.944. The van der Waals surface area contributed by atoms with Gasteiger partial charge in [0.1, 0.15) is 12.2 Å². The molecule has 8 heteroatoms. The Balaban J connectivity index is 1.53. The predicted molar refractivity (Wildman–Crippen MR) is 171 cm³/mol. The highest BCUT2D eigenvalue weighted by Crippen LogP contribution is 2.40. The maximum absolute atomic E-state index is 13.8. The van der Waals surface area contributed by atoms with Crippen molar-refractivity contribution in [3.05, 3.63) is 0 Å². The Morgan fingerprint density at radius 2 is 1.30 bits per heavy atom. The first kappa shape index (κ1) is 35.6. The highest BCUT2D eigenvalue weighted by molar-refractivity contribution is 5.73. The van der Waals surface area contributed by atoms with Crippen molar-refractivity contribution in [3.8, 4) is 0 Å². The molecule has 4 aliphatic rings. The first-order valence-corrected chi connectivity index (χ1v) is 18.0. The maximum Gasteiger partial charge on any atom is 0.311 e. The van der Waals surface area contributed by atoms with E-state index in [4.69, 9.17) is 23.7 Å². The van der Waals surface area contributed by atoms with E-state index in [1.807, 2.05) is 13.8 Å². The molecule has 0 N–H and O–H groups in total. The van der Waals surface area contributed by atoms with Crippen LogP contribution < -0.4 is 0 Å². The number of nitrogens with zero attached hydrogens (tertiary/aromatic N) is 1. The summed E-state index contributed by atoms with van der Waals surface area (Å²) < 4.78 is 32.5. The van der Waals surface area contributed by atoms with Crippen LogP contribution in [0.1, 0.15) is 119 Å². The smallest absolute Gasteiger partial charge is 0.311 e. The maximum atomic E-state index is 13.8. The summed E-state index contributed by atoms with van der Waals surface area (Å²) in [5.74, 6) is -1.06. The van der Waals surface area contributed by atoms with Gasteiger partial charge in [-0.15, -0.1) is 0 Å². The minimum atomic E-state index is -0.376. The van der Waals surface area contributed by atoms with Gasteiger partial charge >= 0.3 is 11.9 Å². The van der Waals surface area contributed by atoms with E-state index in [0.717, 1.165) is 70.6 Å². The van der Waals surface area contributed by atoms with E-state index < -0.39 is 0 Å². The first-order valence-electron chi connectivity index (χ1n) is 18.0. The highest BCUT2D eigenvalue weighted by Gasteiger charge is 2.46. The molecule has 0 aromatic heterocycles. The number of carbonyl (C=O) groups is 2.